The predicted octanol–water partition coefficient (Wildman–Crippen LogP) is 4.49. The van der Waals surface area contributed by atoms with Crippen molar-refractivity contribution in [3.8, 4) is 11.4 Å². The maximum absolute atomic E-state index is 13.1. The number of carbonyl (C=O) groups is 1. The third-order valence-electron chi connectivity index (χ3n) is 4.66. The number of amides is 1. The number of nitrogens with zero attached hydrogens (tertiary/aromatic N) is 6. The minimum absolute atomic E-state index is 0.0450. The molecule has 0 spiro atoms. The van der Waals surface area contributed by atoms with Crippen LogP contribution in [0.2, 0.25) is 5.02 Å². The maximum Gasteiger partial charge on any atom is 0.266 e. The van der Waals surface area contributed by atoms with Crippen molar-refractivity contribution in [2.24, 2.45) is 5.10 Å². The molecule has 0 N–H and O–H groups in total. The van der Waals surface area contributed by atoms with Gasteiger partial charge in [0.15, 0.2) is 0 Å². The molecule has 4 heterocycles. The highest BCUT2D eigenvalue weighted by atomic mass is 35.5. The van der Waals surface area contributed by atoms with Crippen molar-refractivity contribution >= 4 is 45.9 Å². The van der Waals surface area contributed by atoms with Crippen molar-refractivity contribution in [3.05, 3.63) is 74.1 Å². The summed E-state index contributed by atoms with van der Waals surface area (Å²) in [5, 5.41) is 23.2. The van der Waals surface area contributed by atoms with Crippen molar-refractivity contribution in [3.63, 3.8) is 0 Å². The first kappa shape index (κ1) is 19.1. The number of hydrogen-bond acceptors (Lipinski definition) is 7. The van der Waals surface area contributed by atoms with Crippen LogP contribution in [0.5, 0.6) is 0 Å². The van der Waals surface area contributed by atoms with Crippen molar-refractivity contribution in [1.82, 2.24) is 25.2 Å². The smallest absolute Gasteiger partial charge is 0.266 e. The van der Waals surface area contributed by atoms with Crippen molar-refractivity contribution < 1.29 is 4.79 Å². The van der Waals surface area contributed by atoms with Crippen LogP contribution in [0.1, 0.15) is 22.2 Å². The van der Waals surface area contributed by atoms with Crippen LogP contribution >= 0.6 is 34.3 Å². The van der Waals surface area contributed by atoms with Gasteiger partial charge in [-0.3, -0.25) is 4.79 Å². The number of hydrogen-bond donors (Lipinski definition) is 0. The van der Waals surface area contributed by atoms with Crippen LogP contribution < -0.4 is 0 Å². The fourth-order valence-electron chi connectivity index (χ4n) is 3.28. The molecule has 30 heavy (non-hydrogen) atoms. The minimum atomic E-state index is -0.185. The van der Waals surface area contributed by atoms with Crippen LogP contribution in [0, 0.1) is 0 Å². The summed E-state index contributed by atoms with van der Waals surface area (Å²) in [4.78, 5) is 16.6. The quantitative estimate of drug-likeness (QED) is 0.445. The first-order valence-electron chi connectivity index (χ1n) is 9.18. The van der Waals surface area contributed by atoms with E-state index in [0.717, 1.165) is 21.0 Å². The van der Waals surface area contributed by atoms with Crippen LogP contribution in [-0.4, -0.2) is 36.8 Å². The number of tetrazole rings is 1. The Labute approximate surface area is 185 Å². The lowest BCUT2D eigenvalue weighted by Gasteiger charge is -2.20. The summed E-state index contributed by atoms with van der Waals surface area (Å²) in [7, 11) is 0. The van der Waals surface area contributed by atoms with Gasteiger partial charge in [0.25, 0.3) is 5.91 Å². The van der Waals surface area contributed by atoms with E-state index < -0.39 is 0 Å². The van der Waals surface area contributed by atoms with Gasteiger partial charge in [-0.05, 0) is 40.2 Å². The molecule has 1 aromatic carbocycles. The van der Waals surface area contributed by atoms with E-state index in [1.807, 2.05) is 47.2 Å². The average Bonchev–Trinajstić information content (AvgIpc) is 3.54. The molecule has 0 fully saturated rings. The first-order chi connectivity index (χ1) is 14.7. The molecule has 7 nitrogen and oxygen atoms in total. The number of hydrazone groups is 1. The van der Waals surface area contributed by atoms with Crippen molar-refractivity contribution in [1.29, 1.82) is 0 Å². The second-order valence-electron chi connectivity index (χ2n) is 6.65. The van der Waals surface area contributed by atoms with Gasteiger partial charge in [0, 0.05) is 21.9 Å². The Morgan fingerprint density at radius 1 is 1.13 bits per heavy atom. The van der Waals surface area contributed by atoms with E-state index in [4.69, 9.17) is 11.6 Å². The number of thiophene rings is 2. The minimum Gasteiger partial charge on any atom is -0.271 e. The maximum atomic E-state index is 13.1. The predicted molar refractivity (Wildman–Crippen MR) is 118 cm³/mol. The third-order valence-corrected chi connectivity index (χ3v) is 6.78. The summed E-state index contributed by atoms with van der Waals surface area (Å²) in [6.45, 7) is -0.0450. The van der Waals surface area contributed by atoms with E-state index in [-0.39, 0.29) is 18.5 Å². The van der Waals surface area contributed by atoms with E-state index in [0.29, 0.717) is 17.3 Å². The van der Waals surface area contributed by atoms with Gasteiger partial charge >= 0.3 is 0 Å². The topological polar surface area (TPSA) is 76.3 Å². The summed E-state index contributed by atoms with van der Waals surface area (Å²) >= 11 is 9.28. The molecule has 0 unspecified atom stereocenters. The zero-order chi connectivity index (χ0) is 20.5. The summed E-state index contributed by atoms with van der Waals surface area (Å²) in [5.74, 6) is 0.235. The Kier molecular flexibility index (Phi) is 5.16. The van der Waals surface area contributed by atoms with Gasteiger partial charge in [-0.2, -0.15) is 9.90 Å². The molecule has 1 aliphatic heterocycles. The SMILES string of the molecule is O=C(Cn1nnc(-c2cccc(Cl)c2)n1)N1N=C(c2cccs2)C[C@@H]1c1cccs1. The molecule has 0 aliphatic carbocycles. The molecular formula is C20H15ClN6OS2. The summed E-state index contributed by atoms with van der Waals surface area (Å²) in [6.07, 6.45) is 0.686. The Morgan fingerprint density at radius 3 is 2.77 bits per heavy atom. The Balaban J connectivity index is 1.38. The molecule has 0 bridgehead atoms. The van der Waals surface area contributed by atoms with E-state index in [2.05, 4.69) is 20.5 Å². The molecule has 4 aromatic rings. The Hall–Kier alpha value is -2.88. The van der Waals surface area contributed by atoms with Gasteiger partial charge < -0.3 is 0 Å². The van der Waals surface area contributed by atoms with Crippen LogP contribution in [0.25, 0.3) is 11.4 Å². The Morgan fingerprint density at radius 2 is 2.00 bits per heavy atom. The second-order valence-corrected chi connectivity index (χ2v) is 9.01. The zero-order valence-electron chi connectivity index (χ0n) is 15.6. The standard InChI is InChI=1S/C20H15ClN6OS2/c21-14-5-1-4-13(10-14)20-22-25-26(24-20)12-19(28)27-16(18-7-3-9-30-18)11-15(23-27)17-6-2-8-29-17/h1-10,16H,11-12H2/t16-/m1/s1. The second kappa shape index (κ2) is 8.10. The number of aromatic nitrogens is 4. The number of benzene rings is 1. The molecule has 0 saturated carbocycles. The summed E-state index contributed by atoms with van der Waals surface area (Å²) < 4.78 is 0. The molecule has 0 radical (unpaired) electrons. The Bertz CT molecular complexity index is 1200. The highest BCUT2D eigenvalue weighted by Crippen LogP contribution is 2.36. The van der Waals surface area contributed by atoms with Gasteiger partial charge in [-0.15, -0.1) is 32.9 Å². The molecule has 5 rings (SSSR count). The number of halogens is 1. The zero-order valence-corrected chi connectivity index (χ0v) is 17.9. The lowest BCUT2D eigenvalue weighted by atomic mass is 10.1. The highest BCUT2D eigenvalue weighted by Gasteiger charge is 2.34. The molecule has 1 atom stereocenters. The largest absolute Gasteiger partial charge is 0.271 e. The van der Waals surface area contributed by atoms with Gasteiger partial charge in [0.2, 0.25) is 5.82 Å². The lowest BCUT2D eigenvalue weighted by molar-refractivity contribution is -0.134. The van der Waals surface area contributed by atoms with E-state index in [1.165, 1.54) is 4.80 Å². The molecule has 1 aliphatic rings. The fraction of sp³-hybridized carbons (Fsp3) is 0.150. The van der Waals surface area contributed by atoms with Gasteiger partial charge in [-0.25, -0.2) is 5.01 Å². The summed E-state index contributed by atoms with van der Waals surface area (Å²) in [6, 6.07) is 15.1. The van der Waals surface area contributed by atoms with Gasteiger partial charge in [0.05, 0.1) is 16.6 Å². The fourth-order valence-corrected chi connectivity index (χ4v) is 5.00. The summed E-state index contributed by atoms with van der Waals surface area (Å²) in [5.41, 5.74) is 1.67. The first-order valence-corrected chi connectivity index (χ1v) is 11.3. The van der Waals surface area contributed by atoms with E-state index in [9.17, 15) is 4.79 Å². The average molecular weight is 455 g/mol. The van der Waals surface area contributed by atoms with Crippen LogP contribution in [0.15, 0.2) is 64.4 Å². The number of carbonyl (C=O) groups excluding carboxylic acids is 1. The molecule has 10 heteroatoms. The van der Waals surface area contributed by atoms with Crippen LogP contribution in [-0.2, 0) is 11.3 Å². The van der Waals surface area contributed by atoms with Crippen molar-refractivity contribution in [2.75, 3.05) is 0 Å². The normalized spacial score (nSPS) is 16.1. The molecule has 150 valence electrons. The molecule has 3 aromatic heterocycles. The van der Waals surface area contributed by atoms with Gasteiger partial charge in [-0.1, -0.05) is 35.9 Å². The van der Waals surface area contributed by atoms with E-state index in [1.54, 1.807) is 39.8 Å². The lowest BCUT2D eigenvalue weighted by Crippen LogP contribution is -2.30. The highest BCUT2D eigenvalue weighted by molar-refractivity contribution is 7.12. The van der Waals surface area contributed by atoms with Crippen LogP contribution in [0.4, 0.5) is 0 Å². The van der Waals surface area contributed by atoms with Crippen LogP contribution in [0.3, 0.4) is 0 Å². The third kappa shape index (κ3) is 3.79. The number of rotatable bonds is 5. The van der Waals surface area contributed by atoms with Gasteiger partial charge in [0.1, 0.15) is 6.54 Å². The molecule has 1 amide bonds. The van der Waals surface area contributed by atoms with Crippen molar-refractivity contribution in [2.45, 2.75) is 19.0 Å². The molecule has 0 saturated heterocycles. The molecular weight excluding hydrogens is 440 g/mol. The monoisotopic (exact) mass is 454 g/mol. The van der Waals surface area contributed by atoms with E-state index >= 15 is 0 Å².